The Morgan fingerprint density at radius 2 is 1.93 bits per heavy atom. The van der Waals surface area contributed by atoms with Crippen molar-refractivity contribution in [2.24, 2.45) is 5.10 Å². The number of methoxy groups -OCH3 is 1. The minimum atomic E-state index is -0.466. The average Bonchev–Trinajstić information content (AvgIpc) is 3.20. The maximum atomic E-state index is 12.2. The molecule has 1 aliphatic rings. The summed E-state index contributed by atoms with van der Waals surface area (Å²) in [5.74, 6) is 1.40. The van der Waals surface area contributed by atoms with Crippen LogP contribution >= 0.6 is 0 Å². The van der Waals surface area contributed by atoms with Crippen LogP contribution in [0.4, 0.5) is 0 Å². The first kappa shape index (κ1) is 21.0. The summed E-state index contributed by atoms with van der Waals surface area (Å²) < 4.78 is 21.4. The number of nitrogens with zero attached hydrogens (tertiary/aromatic N) is 1. The molecule has 0 saturated carbocycles. The van der Waals surface area contributed by atoms with E-state index in [9.17, 15) is 9.59 Å². The van der Waals surface area contributed by atoms with Gasteiger partial charge in [0.2, 0.25) is 6.79 Å². The number of carbonyl (C=O) groups excluding carboxylic acids is 2. The van der Waals surface area contributed by atoms with E-state index in [1.54, 1.807) is 43.5 Å². The maximum Gasteiger partial charge on any atom is 0.259 e. The number of ether oxygens (including phenoxy) is 4. The van der Waals surface area contributed by atoms with Crippen molar-refractivity contribution in [1.29, 1.82) is 0 Å². The molecule has 2 aromatic rings. The fourth-order valence-corrected chi connectivity index (χ4v) is 2.63. The first-order valence-electron chi connectivity index (χ1n) is 9.30. The van der Waals surface area contributed by atoms with E-state index in [0.717, 1.165) is 0 Å². The summed E-state index contributed by atoms with van der Waals surface area (Å²) in [5.41, 5.74) is 3.45. The maximum absolute atomic E-state index is 12.2. The van der Waals surface area contributed by atoms with Crippen LogP contribution in [0.25, 0.3) is 0 Å². The molecule has 0 bridgehead atoms. The van der Waals surface area contributed by atoms with Crippen LogP contribution in [-0.2, 0) is 4.79 Å². The number of hydrogen-bond donors (Lipinski definition) is 2. The van der Waals surface area contributed by atoms with Gasteiger partial charge >= 0.3 is 0 Å². The monoisotopic (exact) mass is 413 g/mol. The zero-order valence-electron chi connectivity index (χ0n) is 16.9. The Kier molecular flexibility index (Phi) is 6.74. The molecule has 9 nitrogen and oxygen atoms in total. The van der Waals surface area contributed by atoms with Gasteiger partial charge in [0.1, 0.15) is 0 Å². The van der Waals surface area contributed by atoms with Crippen LogP contribution in [0.15, 0.2) is 41.5 Å². The molecule has 1 heterocycles. The van der Waals surface area contributed by atoms with E-state index in [1.165, 1.54) is 6.21 Å². The Bertz CT molecular complexity index is 958. The van der Waals surface area contributed by atoms with Crippen molar-refractivity contribution in [1.82, 2.24) is 10.7 Å². The summed E-state index contributed by atoms with van der Waals surface area (Å²) >= 11 is 0. The van der Waals surface area contributed by atoms with Crippen molar-refractivity contribution in [3.63, 3.8) is 0 Å². The lowest BCUT2D eigenvalue weighted by Crippen LogP contribution is -2.34. The summed E-state index contributed by atoms with van der Waals surface area (Å²) in [7, 11) is 1.55. The lowest BCUT2D eigenvalue weighted by molar-refractivity contribution is -0.120. The molecular formula is C21H23N3O6. The number of carbonyl (C=O) groups is 2. The first-order chi connectivity index (χ1) is 14.5. The molecule has 0 fully saturated rings. The number of fused-ring (bicyclic) bond motifs is 1. The van der Waals surface area contributed by atoms with Gasteiger partial charge in [-0.3, -0.25) is 9.59 Å². The highest BCUT2D eigenvalue weighted by atomic mass is 16.7. The van der Waals surface area contributed by atoms with Crippen molar-refractivity contribution in [3.05, 3.63) is 47.5 Å². The van der Waals surface area contributed by atoms with Gasteiger partial charge in [0.25, 0.3) is 11.8 Å². The van der Waals surface area contributed by atoms with E-state index in [1.807, 2.05) is 13.8 Å². The molecule has 2 N–H and O–H groups in total. The highest BCUT2D eigenvalue weighted by Gasteiger charge is 2.16. The molecule has 0 atom stereocenters. The number of nitrogens with one attached hydrogen (secondary N) is 2. The Balaban J connectivity index is 1.49. The molecule has 0 saturated heterocycles. The summed E-state index contributed by atoms with van der Waals surface area (Å²) in [6.45, 7) is 3.75. The van der Waals surface area contributed by atoms with E-state index in [-0.39, 0.29) is 19.4 Å². The zero-order chi connectivity index (χ0) is 21.5. The molecule has 0 unspecified atom stereocenters. The largest absolute Gasteiger partial charge is 0.493 e. The van der Waals surface area contributed by atoms with E-state index in [4.69, 9.17) is 18.9 Å². The third-order valence-corrected chi connectivity index (χ3v) is 4.00. The Morgan fingerprint density at radius 1 is 1.13 bits per heavy atom. The highest BCUT2D eigenvalue weighted by molar-refractivity contribution is 5.97. The Morgan fingerprint density at radius 3 is 2.70 bits per heavy atom. The number of benzene rings is 2. The number of hydrogen-bond acceptors (Lipinski definition) is 7. The molecule has 9 heteroatoms. The molecule has 158 valence electrons. The molecule has 0 radical (unpaired) electrons. The van der Waals surface area contributed by atoms with Crippen LogP contribution < -0.4 is 29.7 Å². The van der Waals surface area contributed by atoms with Gasteiger partial charge in [0.15, 0.2) is 23.0 Å². The topological polar surface area (TPSA) is 107 Å². The molecule has 2 amide bonds. The normalized spacial score (nSPS) is 12.1. The van der Waals surface area contributed by atoms with Crippen molar-refractivity contribution in [2.75, 3.05) is 20.4 Å². The smallest absolute Gasteiger partial charge is 0.259 e. The zero-order valence-corrected chi connectivity index (χ0v) is 16.9. The first-order valence-corrected chi connectivity index (χ1v) is 9.30. The van der Waals surface area contributed by atoms with E-state index < -0.39 is 11.8 Å². The molecular weight excluding hydrogens is 390 g/mol. The van der Waals surface area contributed by atoms with Gasteiger partial charge in [-0.05, 0) is 55.8 Å². The summed E-state index contributed by atoms with van der Waals surface area (Å²) in [6.07, 6.45) is 1.49. The molecule has 2 aromatic carbocycles. The van der Waals surface area contributed by atoms with Gasteiger partial charge in [-0.25, -0.2) is 5.43 Å². The molecule has 0 aromatic heterocycles. The van der Waals surface area contributed by atoms with Crippen molar-refractivity contribution in [2.45, 2.75) is 20.0 Å². The molecule has 1 aliphatic heterocycles. The molecule has 30 heavy (non-hydrogen) atoms. The second kappa shape index (κ2) is 9.64. The minimum absolute atomic E-state index is 0.0191. The number of hydrazone groups is 1. The average molecular weight is 413 g/mol. The van der Waals surface area contributed by atoms with E-state index in [0.29, 0.717) is 34.1 Å². The Labute approximate surface area is 174 Å². The summed E-state index contributed by atoms with van der Waals surface area (Å²) in [4.78, 5) is 24.1. The highest BCUT2D eigenvalue weighted by Crippen LogP contribution is 2.32. The predicted molar refractivity (Wildman–Crippen MR) is 109 cm³/mol. The molecule has 3 rings (SSSR count). The van der Waals surface area contributed by atoms with Gasteiger partial charge in [-0.2, -0.15) is 5.10 Å². The predicted octanol–water partition coefficient (Wildman–Crippen LogP) is 2.09. The third kappa shape index (κ3) is 5.40. The minimum Gasteiger partial charge on any atom is -0.493 e. The van der Waals surface area contributed by atoms with E-state index in [2.05, 4.69) is 15.8 Å². The summed E-state index contributed by atoms with van der Waals surface area (Å²) in [5, 5.41) is 6.42. The lowest BCUT2D eigenvalue weighted by Gasteiger charge is -2.13. The van der Waals surface area contributed by atoms with Crippen molar-refractivity contribution in [3.8, 4) is 23.0 Å². The second-order valence-corrected chi connectivity index (χ2v) is 6.62. The molecule has 0 spiro atoms. The van der Waals surface area contributed by atoms with Crippen LogP contribution in [0.3, 0.4) is 0 Å². The fourth-order valence-electron chi connectivity index (χ4n) is 2.63. The van der Waals surface area contributed by atoms with Gasteiger partial charge in [-0.1, -0.05) is 0 Å². The van der Waals surface area contributed by atoms with Gasteiger partial charge < -0.3 is 24.3 Å². The molecule has 0 aliphatic carbocycles. The van der Waals surface area contributed by atoms with Gasteiger partial charge in [0.05, 0.1) is 26.0 Å². The van der Waals surface area contributed by atoms with Crippen LogP contribution in [0.1, 0.15) is 29.8 Å². The summed E-state index contributed by atoms with van der Waals surface area (Å²) in [6, 6.07) is 10.1. The van der Waals surface area contributed by atoms with Gasteiger partial charge in [0, 0.05) is 5.56 Å². The van der Waals surface area contributed by atoms with Crippen LogP contribution in [-0.4, -0.2) is 44.6 Å². The van der Waals surface area contributed by atoms with Crippen LogP contribution in [0.5, 0.6) is 23.0 Å². The standard InChI is InChI=1S/C21H23N3O6/c1-13(2)30-17-6-4-14(8-18(17)27-3)10-23-24-20(25)11-22-21(26)15-5-7-16-19(9-15)29-12-28-16/h4-10,13H,11-12H2,1-3H3,(H,22,26)(H,24,25). The lowest BCUT2D eigenvalue weighted by atomic mass is 10.2. The van der Waals surface area contributed by atoms with E-state index >= 15 is 0 Å². The fraction of sp³-hybridized carbons (Fsp3) is 0.286. The SMILES string of the molecule is COc1cc(C=NNC(=O)CNC(=O)c2ccc3c(c2)OCO3)ccc1OC(C)C. The van der Waals surface area contributed by atoms with Crippen molar-refractivity contribution < 1.29 is 28.5 Å². The van der Waals surface area contributed by atoms with Gasteiger partial charge in [-0.15, -0.1) is 0 Å². The third-order valence-electron chi connectivity index (χ3n) is 4.00. The number of amides is 2. The second-order valence-electron chi connectivity index (χ2n) is 6.62. The Hall–Kier alpha value is -3.75. The van der Waals surface area contributed by atoms with Crippen molar-refractivity contribution >= 4 is 18.0 Å². The number of rotatable bonds is 8. The van der Waals surface area contributed by atoms with Crippen LogP contribution in [0, 0.1) is 0 Å². The van der Waals surface area contributed by atoms with Crippen LogP contribution in [0.2, 0.25) is 0 Å². The quantitative estimate of drug-likeness (QED) is 0.507.